The summed E-state index contributed by atoms with van der Waals surface area (Å²) in [4.78, 5) is 4.52. The molecule has 0 saturated heterocycles. The number of phenolic OH excluding ortho intramolecular Hbond substituents is 1. The van der Waals surface area contributed by atoms with Crippen molar-refractivity contribution >= 4 is 26.6 Å². The van der Waals surface area contributed by atoms with Crippen LogP contribution in [0.4, 0.5) is 5.69 Å². The second kappa shape index (κ2) is 5.69. The molecular formula is C13H11ClN2OS2. The van der Waals surface area contributed by atoms with Crippen molar-refractivity contribution in [2.24, 2.45) is 0 Å². The van der Waals surface area contributed by atoms with Gasteiger partial charge in [-0.2, -0.15) is 4.37 Å². The molecule has 0 aromatic heterocycles. The maximum atomic E-state index is 9.25. The quantitative estimate of drug-likeness (QED) is 0.431. The van der Waals surface area contributed by atoms with Crippen LogP contribution in [0.15, 0.2) is 36.4 Å². The van der Waals surface area contributed by atoms with E-state index < -0.39 is 0 Å². The van der Waals surface area contributed by atoms with Gasteiger partial charge in [0.15, 0.2) is 0 Å². The lowest BCUT2D eigenvalue weighted by molar-refractivity contribution is -0.402. The molecule has 0 spiro atoms. The molecule has 1 aliphatic heterocycles. The van der Waals surface area contributed by atoms with E-state index in [4.69, 9.17) is 0 Å². The fraction of sp³-hybridized carbons (Fsp3) is 0.0769. The molecule has 2 N–H and O–H groups in total. The standard InChI is InChI=1S/C13H10N2OS2.ClH/c1-8-6-10(7-12-13(8)15-18-17-12)14-9-2-4-11(16)5-3-9;/h2-7,16H,1H3;1H. The van der Waals surface area contributed by atoms with Crippen LogP contribution in [0.2, 0.25) is 0 Å². The van der Waals surface area contributed by atoms with Crippen LogP contribution in [0.3, 0.4) is 0 Å². The number of hydrogen-bond donors (Lipinski definition) is 2. The highest BCUT2D eigenvalue weighted by molar-refractivity contribution is 7.68. The summed E-state index contributed by atoms with van der Waals surface area (Å²) in [5.41, 5.74) is 3.22. The minimum Gasteiger partial charge on any atom is -1.00 e. The third-order valence-electron chi connectivity index (χ3n) is 2.68. The number of phenols is 1. The van der Waals surface area contributed by atoms with Gasteiger partial charge in [-0.3, -0.25) is 0 Å². The Morgan fingerprint density at radius 2 is 1.89 bits per heavy atom. The van der Waals surface area contributed by atoms with E-state index >= 15 is 0 Å². The highest BCUT2D eigenvalue weighted by Gasteiger charge is 2.10. The fourth-order valence-corrected chi connectivity index (χ4v) is 3.72. The van der Waals surface area contributed by atoms with Gasteiger partial charge in [-0.15, -0.1) is 0 Å². The van der Waals surface area contributed by atoms with Gasteiger partial charge >= 0.3 is 0 Å². The van der Waals surface area contributed by atoms with Crippen molar-refractivity contribution in [1.29, 1.82) is 0 Å². The number of fused-ring (bicyclic) bond motifs is 1. The van der Waals surface area contributed by atoms with E-state index in [9.17, 15) is 5.11 Å². The Bertz CT molecular complexity index is 718. The predicted molar refractivity (Wildman–Crippen MR) is 73.2 cm³/mol. The first-order valence-electron chi connectivity index (χ1n) is 5.48. The molecule has 19 heavy (non-hydrogen) atoms. The number of aryl methyl sites for hydroxylation is 1. The van der Waals surface area contributed by atoms with Crippen LogP contribution < -0.4 is 22.8 Å². The van der Waals surface area contributed by atoms with E-state index in [2.05, 4.69) is 28.4 Å². The molecule has 0 fully saturated rings. The monoisotopic (exact) mass is 310 g/mol. The molecule has 3 rings (SSSR count). The average Bonchev–Trinajstić information content (AvgIpc) is 2.81. The van der Waals surface area contributed by atoms with Crippen molar-refractivity contribution in [3.8, 4) is 16.3 Å². The zero-order chi connectivity index (χ0) is 12.5. The molecule has 0 atom stereocenters. The van der Waals surface area contributed by atoms with Crippen LogP contribution in [0.25, 0.3) is 10.6 Å². The number of nitrogens with zero attached hydrogens (tertiary/aromatic N) is 1. The summed E-state index contributed by atoms with van der Waals surface area (Å²) in [7, 11) is 3.19. The molecule has 1 aromatic rings. The number of nitrogens with one attached hydrogen (secondary N) is 1. The van der Waals surface area contributed by atoms with Crippen LogP contribution in [0.5, 0.6) is 5.75 Å². The molecule has 0 bridgehead atoms. The number of benzene rings is 2. The highest BCUT2D eigenvalue weighted by atomic mass is 35.5. The molecule has 6 heteroatoms. The molecule has 0 unspecified atom stereocenters. The largest absolute Gasteiger partial charge is 1.00 e. The van der Waals surface area contributed by atoms with Gasteiger partial charge in [0.05, 0.1) is 10.6 Å². The average molecular weight is 311 g/mol. The van der Waals surface area contributed by atoms with Crippen molar-refractivity contribution in [2.75, 3.05) is 0 Å². The number of aromatic nitrogens is 1. The van der Waals surface area contributed by atoms with Gasteiger partial charge in [0.2, 0.25) is 11.0 Å². The van der Waals surface area contributed by atoms with Crippen molar-refractivity contribution in [3.05, 3.63) is 47.3 Å². The minimum absolute atomic E-state index is 0. The Labute approximate surface area is 124 Å². The molecule has 98 valence electrons. The molecule has 3 nitrogen and oxygen atoms in total. The minimum atomic E-state index is 0. The second-order valence-electron chi connectivity index (χ2n) is 4.06. The van der Waals surface area contributed by atoms with Crippen LogP contribution in [-0.4, -0.2) is 9.48 Å². The SMILES string of the molecule is Cc1cc(=[NH+]c2ccc(O)cc2)cc2ssnc1-2.[Cl-]. The number of aromatic hydroxyl groups is 1. The van der Waals surface area contributed by atoms with Gasteiger partial charge in [-0.05, 0) is 24.6 Å². The van der Waals surface area contributed by atoms with E-state index in [1.54, 1.807) is 22.5 Å². The molecule has 1 aromatic carbocycles. The first-order chi connectivity index (χ1) is 8.72. The van der Waals surface area contributed by atoms with Gasteiger partial charge in [-0.1, -0.05) is 10.3 Å². The lowest BCUT2D eigenvalue weighted by Crippen LogP contribution is -3.00. The number of halogens is 1. The summed E-state index contributed by atoms with van der Waals surface area (Å²) >= 11 is 0. The summed E-state index contributed by atoms with van der Waals surface area (Å²) in [6, 6.07) is 11.2. The molecule has 0 radical (unpaired) electrons. The Kier molecular flexibility index (Phi) is 4.19. The first kappa shape index (κ1) is 14.0. The lowest BCUT2D eigenvalue weighted by atomic mass is 10.1. The Morgan fingerprint density at radius 3 is 2.63 bits per heavy atom. The predicted octanol–water partition coefficient (Wildman–Crippen LogP) is -1.36. The van der Waals surface area contributed by atoms with Crippen LogP contribution in [-0.2, 0) is 0 Å². The summed E-state index contributed by atoms with van der Waals surface area (Å²) < 4.78 is 4.38. The van der Waals surface area contributed by atoms with Gasteiger partial charge in [-0.25, -0.2) is 4.99 Å². The molecule has 1 aliphatic carbocycles. The normalized spacial score (nSPS) is 11.5. The van der Waals surface area contributed by atoms with E-state index in [1.807, 2.05) is 12.1 Å². The molecule has 0 amide bonds. The molecule has 0 saturated carbocycles. The summed E-state index contributed by atoms with van der Waals surface area (Å²) in [6.45, 7) is 2.07. The van der Waals surface area contributed by atoms with Crippen molar-refractivity contribution < 1.29 is 22.5 Å². The van der Waals surface area contributed by atoms with Gasteiger partial charge in [0, 0.05) is 34.8 Å². The van der Waals surface area contributed by atoms with Crippen molar-refractivity contribution in [1.82, 2.24) is 4.37 Å². The van der Waals surface area contributed by atoms with Crippen LogP contribution in [0, 0.1) is 6.92 Å². The summed E-state index contributed by atoms with van der Waals surface area (Å²) in [5, 5.41) is 10.3. The van der Waals surface area contributed by atoms with E-state index in [1.165, 1.54) is 21.0 Å². The number of hydrogen-bond acceptors (Lipinski definition) is 4. The second-order valence-corrected chi connectivity index (χ2v) is 5.95. The molecule has 1 heterocycles. The maximum absolute atomic E-state index is 9.25. The van der Waals surface area contributed by atoms with Crippen LogP contribution >= 0.6 is 20.9 Å². The first-order valence-corrected chi connectivity index (χ1v) is 7.58. The van der Waals surface area contributed by atoms with Crippen molar-refractivity contribution in [2.45, 2.75) is 6.92 Å². The summed E-state index contributed by atoms with van der Waals surface area (Å²) in [6.07, 6.45) is 0. The van der Waals surface area contributed by atoms with E-state index in [0.717, 1.165) is 16.7 Å². The van der Waals surface area contributed by atoms with Crippen molar-refractivity contribution in [3.63, 3.8) is 0 Å². The Balaban J connectivity index is 0.00000133. The van der Waals surface area contributed by atoms with E-state index in [0.29, 0.717) is 0 Å². The topological polar surface area (TPSA) is 47.1 Å². The van der Waals surface area contributed by atoms with Gasteiger partial charge in [0.1, 0.15) is 5.75 Å². The highest BCUT2D eigenvalue weighted by Crippen LogP contribution is 2.28. The smallest absolute Gasteiger partial charge is 0.205 e. The third-order valence-corrected chi connectivity index (χ3v) is 4.49. The summed E-state index contributed by atoms with van der Waals surface area (Å²) in [5.74, 6) is 0.274. The zero-order valence-electron chi connectivity index (χ0n) is 10.1. The third kappa shape index (κ3) is 2.94. The van der Waals surface area contributed by atoms with Crippen LogP contribution in [0.1, 0.15) is 5.56 Å². The van der Waals surface area contributed by atoms with E-state index in [-0.39, 0.29) is 18.2 Å². The molecule has 2 aliphatic rings. The van der Waals surface area contributed by atoms with Gasteiger partial charge < -0.3 is 17.5 Å². The lowest BCUT2D eigenvalue weighted by Gasteiger charge is -1.96. The Hall–Kier alpha value is -1.43. The maximum Gasteiger partial charge on any atom is 0.205 e. The zero-order valence-corrected chi connectivity index (χ0v) is 12.4. The Morgan fingerprint density at radius 1 is 1.16 bits per heavy atom. The molecular weight excluding hydrogens is 300 g/mol. The fourth-order valence-electron chi connectivity index (χ4n) is 1.81. The number of rotatable bonds is 1. The van der Waals surface area contributed by atoms with Gasteiger partial charge in [0.25, 0.3) is 0 Å².